The first kappa shape index (κ1) is 14.8. The molecule has 3 heteroatoms. The SMILES string of the molecule is CCNCC(C)(CC)Cc1cccc(Cl)c1Cl. The minimum atomic E-state index is 0.227. The van der Waals surface area contributed by atoms with Gasteiger partial charge in [-0.25, -0.2) is 0 Å². The minimum Gasteiger partial charge on any atom is -0.316 e. The zero-order valence-electron chi connectivity index (χ0n) is 10.8. The van der Waals surface area contributed by atoms with Crippen LogP contribution < -0.4 is 5.32 Å². The normalized spacial score (nSPS) is 14.6. The summed E-state index contributed by atoms with van der Waals surface area (Å²) in [6.45, 7) is 8.63. The molecule has 1 N–H and O–H groups in total. The molecule has 0 spiro atoms. The quantitative estimate of drug-likeness (QED) is 0.801. The Morgan fingerprint density at radius 3 is 2.53 bits per heavy atom. The van der Waals surface area contributed by atoms with Crippen LogP contribution in [0.4, 0.5) is 0 Å². The highest BCUT2D eigenvalue weighted by Gasteiger charge is 2.23. The van der Waals surface area contributed by atoms with Gasteiger partial charge in [0.15, 0.2) is 0 Å². The maximum absolute atomic E-state index is 6.24. The average Bonchev–Trinajstić information content (AvgIpc) is 2.33. The Balaban J connectivity index is 2.83. The van der Waals surface area contributed by atoms with Crippen LogP contribution in [0.5, 0.6) is 0 Å². The van der Waals surface area contributed by atoms with Gasteiger partial charge in [-0.3, -0.25) is 0 Å². The highest BCUT2D eigenvalue weighted by Crippen LogP contribution is 2.32. The maximum Gasteiger partial charge on any atom is 0.0624 e. The van der Waals surface area contributed by atoms with E-state index in [2.05, 4.69) is 32.2 Å². The molecule has 0 fully saturated rings. The molecule has 0 radical (unpaired) electrons. The molecule has 17 heavy (non-hydrogen) atoms. The molecule has 0 amide bonds. The second-order valence-electron chi connectivity index (χ2n) is 4.83. The summed E-state index contributed by atoms with van der Waals surface area (Å²) >= 11 is 12.3. The lowest BCUT2D eigenvalue weighted by Crippen LogP contribution is -2.33. The van der Waals surface area contributed by atoms with Gasteiger partial charge in [-0.05, 0) is 36.4 Å². The van der Waals surface area contributed by atoms with Crippen LogP contribution in [-0.4, -0.2) is 13.1 Å². The van der Waals surface area contributed by atoms with Crippen molar-refractivity contribution in [1.82, 2.24) is 5.32 Å². The van der Waals surface area contributed by atoms with Crippen molar-refractivity contribution < 1.29 is 0 Å². The van der Waals surface area contributed by atoms with Crippen LogP contribution in [0, 0.1) is 5.41 Å². The Kier molecular flexibility index (Phi) is 5.78. The van der Waals surface area contributed by atoms with Crippen LogP contribution in [0.25, 0.3) is 0 Å². The van der Waals surface area contributed by atoms with E-state index in [9.17, 15) is 0 Å². The smallest absolute Gasteiger partial charge is 0.0624 e. The zero-order chi connectivity index (χ0) is 12.9. The van der Waals surface area contributed by atoms with Crippen molar-refractivity contribution in [3.63, 3.8) is 0 Å². The van der Waals surface area contributed by atoms with Gasteiger partial charge >= 0.3 is 0 Å². The zero-order valence-corrected chi connectivity index (χ0v) is 12.3. The second kappa shape index (κ2) is 6.63. The van der Waals surface area contributed by atoms with Gasteiger partial charge in [0.1, 0.15) is 0 Å². The molecule has 1 unspecified atom stereocenters. The predicted molar refractivity (Wildman–Crippen MR) is 77.1 cm³/mol. The molecular formula is C14H21Cl2N. The maximum atomic E-state index is 6.24. The molecule has 0 saturated carbocycles. The van der Waals surface area contributed by atoms with Crippen LogP contribution in [0.2, 0.25) is 10.0 Å². The van der Waals surface area contributed by atoms with E-state index in [1.807, 2.05) is 12.1 Å². The van der Waals surface area contributed by atoms with Gasteiger partial charge in [0.05, 0.1) is 10.0 Å². The summed E-state index contributed by atoms with van der Waals surface area (Å²) in [5, 5.41) is 4.76. The topological polar surface area (TPSA) is 12.0 Å². The number of nitrogens with one attached hydrogen (secondary N) is 1. The average molecular weight is 274 g/mol. The van der Waals surface area contributed by atoms with Gasteiger partial charge in [-0.2, -0.15) is 0 Å². The molecular weight excluding hydrogens is 253 g/mol. The summed E-state index contributed by atoms with van der Waals surface area (Å²) in [5.74, 6) is 0. The van der Waals surface area contributed by atoms with E-state index in [1.165, 1.54) is 0 Å². The van der Waals surface area contributed by atoms with Crippen molar-refractivity contribution >= 4 is 23.2 Å². The Labute approximate surface area is 115 Å². The number of hydrogen-bond donors (Lipinski definition) is 1. The fourth-order valence-corrected chi connectivity index (χ4v) is 2.27. The third kappa shape index (κ3) is 4.17. The van der Waals surface area contributed by atoms with Crippen molar-refractivity contribution in [3.8, 4) is 0 Å². The summed E-state index contributed by atoms with van der Waals surface area (Å²) in [6.07, 6.45) is 2.07. The molecule has 0 aliphatic rings. The van der Waals surface area contributed by atoms with Crippen LogP contribution in [0.3, 0.4) is 0 Å². The van der Waals surface area contributed by atoms with Gasteiger partial charge in [0.25, 0.3) is 0 Å². The molecule has 1 atom stereocenters. The van der Waals surface area contributed by atoms with Crippen LogP contribution in [-0.2, 0) is 6.42 Å². The number of benzene rings is 1. The van der Waals surface area contributed by atoms with E-state index < -0.39 is 0 Å². The van der Waals surface area contributed by atoms with E-state index in [1.54, 1.807) is 0 Å². The fourth-order valence-electron chi connectivity index (χ4n) is 1.88. The number of rotatable bonds is 6. The first-order chi connectivity index (χ1) is 8.02. The molecule has 1 nitrogen and oxygen atoms in total. The molecule has 0 bridgehead atoms. The van der Waals surface area contributed by atoms with Gasteiger partial charge in [-0.15, -0.1) is 0 Å². The summed E-state index contributed by atoms with van der Waals surface area (Å²) < 4.78 is 0. The van der Waals surface area contributed by atoms with E-state index in [0.29, 0.717) is 10.0 Å². The number of halogens is 2. The summed E-state index contributed by atoms with van der Waals surface area (Å²) in [4.78, 5) is 0. The monoisotopic (exact) mass is 273 g/mol. The molecule has 1 rings (SSSR count). The van der Waals surface area contributed by atoms with Crippen molar-refractivity contribution in [2.45, 2.75) is 33.6 Å². The Morgan fingerprint density at radius 2 is 1.94 bits per heavy atom. The summed E-state index contributed by atoms with van der Waals surface area (Å²) in [5.41, 5.74) is 1.37. The standard InChI is InChI=1S/C14H21Cl2N/c1-4-14(3,10-17-5-2)9-11-7-6-8-12(15)13(11)16/h6-8,17H,4-5,9-10H2,1-3H3. The van der Waals surface area contributed by atoms with E-state index >= 15 is 0 Å². The largest absolute Gasteiger partial charge is 0.316 e. The van der Waals surface area contributed by atoms with Crippen molar-refractivity contribution in [3.05, 3.63) is 33.8 Å². The lowest BCUT2D eigenvalue weighted by Gasteiger charge is -2.29. The predicted octanol–water partition coefficient (Wildman–Crippen LogP) is 4.56. The van der Waals surface area contributed by atoms with Gasteiger partial charge < -0.3 is 5.32 Å². The summed E-state index contributed by atoms with van der Waals surface area (Å²) in [7, 11) is 0. The Morgan fingerprint density at radius 1 is 1.24 bits per heavy atom. The Hall–Kier alpha value is -0.240. The van der Waals surface area contributed by atoms with Crippen molar-refractivity contribution in [2.24, 2.45) is 5.41 Å². The van der Waals surface area contributed by atoms with Crippen LogP contribution in [0.1, 0.15) is 32.8 Å². The lowest BCUT2D eigenvalue weighted by atomic mass is 9.81. The lowest BCUT2D eigenvalue weighted by molar-refractivity contribution is 0.293. The molecule has 96 valence electrons. The molecule has 0 aliphatic heterocycles. The summed E-state index contributed by atoms with van der Waals surface area (Å²) in [6, 6.07) is 5.86. The Bertz CT molecular complexity index is 365. The van der Waals surface area contributed by atoms with Gasteiger partial charge in [0.2, 0.25) is 0 Å². The molecule has 0 heterocycles. The van der Waals surface area contributed by atoms with E-state index in [0.717, 1.165) is 31.5 Å². The molecule has 0 saturated heterocycles. The van der Waals surface area contributed by atoms with Gasteiger partial charge in [-0.1, -0.05) is 56.1 Å². The van der Waals surface area contributed by atoms with E-state index in [4.69, 9.17) is 23.2 Å². The first-order valence-corrected chi connectivity index (χ1v) is 6.91. The molecule has 0 aromatic heterocycles. The molecule has 1 aromatic carbocycles. The van der Waals surface area contributed by atoms with Crippen molar-refractivity contribution in [1.29, 1.82) is 0 Å². The van der Waals surface area contributed by atoms with Crippen molar-refractivity contribution in [2.75, 3.05) is 13.1 Å². The molecule has 1 aromatic rings. The minimum absolute atomic E-state index is 0.227. The third-order valence-electron chi connectivity index (χ3n) is 3.30. The van der Waals surface area contributed by atoms with Crippen LogP contribution in [0.15, 0.2) is 18.2 Å². The fraction of sp³-hybridized carbons (Fsp3) is 0.571. The second-order valence-corrected chi connectivity index (χ2v) is 5.62. The van der Waals surface area contributed by atoms with E-state index in [-0.39, 0.29) is 5.41 Å². The number of hydrogen-bond acceptors (Lipinski definition) is 1. The highest BCUT2D eigenvalue weighted by molar-refractivity contribution is 6.42. The van der Waals surface area contributed by atoms with Gasteiger partial charge in [0, 0.05) is 6.54 Å². The highest BCUT2D eigenvalue weighted by atomic mass is 35.5. The van der Waals surface area contributed by atoms with Crippen LogP contribution >= 0.6 is 23.2 Å². The molecule has 0 aliphatic carbocycles. The first-order valence-electron chi connectivity index (χ1n) is 6.16. The third-order valence-corrected chi connectivity index (χ3v) is 4.16.